The number of imidazole rings is 2. The molecule has 0 bridgehead atoms. The van der Waals surface area contributed by atoms with E-state index < -0.39 is 88.8 Å². The van der Waals surface area contributed by atoms with Crippen molar-refractivity contribution in [3.8, 4) is 0 Å². The van der Waals surface area contributed by atoms with Gasteiger partial charge in [-0.25, -0.2) is 52.6 Å². The average Bonchev–Trinajstić information content (AvgIpc) is 4.01. The van der Waals surface area contributed by atoms with Gasteiger partial charge in [-0.15, -0.1) is 0 Å². The van der Waals surface area contributed by atoms with Gasteiger partial charge in [0.25, 0.3) is 11.8 Å². The molecule has 60 heavy (non-hydrogen) atoms. The number of benzene rings is 2. The molecule has 26 heteroatoms. The molecule has 4 N–H and O–H groups in total. The summed E-state index contributed by atoms with van der Waals surface area (Å²) < 4.78 is 69.8. The molecule has 2 aromatic carbocycles. The molecule has 3 fully saturated rings. The Morgan fingerprint density at radius 2 is 1.25 bits per heavy atom. The summed E-state index contributed by atoms with van der Waals surface area (Å²) in [6.07, 6.45) is -8.82. The first-order chi connectivity index (χ1) is 28.9. The van der Waals surface area contributed by atoms with Gasteiger partial charge in [-0.3, -0.25) is 23.2 Å². The summed E-state index contributed by atoms with van der Waals surface area (Å²) in [6.45, 7) is -5.76. The number of nitrogens with zero attached hydrogens (tertiary/aromatic N) is 8. The van der Waals surface area contributed by atoms with Gasteiger partial charge in [-0.2, -0.15) is 7.57 Å². The number of aromatic nitrogens is 8. The second-order valence-corrected chi connectivity index (χ2v) is 17.9. The third-order valence-corrected chi connectivity index (χ3v) is 12.3. The van der Waals surface area contributed by atoms with E-state index in [0.29, 0.717) is 11.1 Å². The van der Waals surface area contributed by atoms with E-state index in [4.69, 9.17) is 46.9 Å². The first-order valence-corrected chi connectivity index (χ1v) is 22.2. The molecule has 0 aliphatic carbocycles. The predicted molar refractivity (Wildman–Crippen MR) is 210 cm³/mol. The predicted octanol–water partition coefficient (Wildman–Crippen LogP) is 3.51. The van der Waals surface area contributed by atoms with E-state index in [9.17, 15) is 19.4 Å². The molecule has 2 amide bonds. The van der Waals surface area contributed by atoms with E-state index >= 15 is 8.78 Å². The lowest BCUT2D eigenvalue weighted by atomic mass is 10.1. The molecule has 7 heterocycles. The van der Waals surface area contributed by atoms with E-state index in [0.717, 1.165) is 12.7 Å². The largest absolute Gasteiger partial charge is 0.346 e. The second-order valence-electron chi connectivity index (χ2n) is 13.5. The van der Waals surface area contributed by atoms with Crippen LogP contribution in [0.1, 0.15) is 33.2 Å². The van der Waals surface area contributed by atoms with Crippen molar-refractivity contribution in [1.29, 1.82) is 0 Å². The van der Waals surface area contributed by atoms with Crippen LogP contribution in [-0.4, -0.2) is 118 Å². The van der Waals surface area contributed by atoms with Crippen LogP contribution in [-0.2, 0) is 39.4 Å². The highest BCUT2D eigenvalue weighted by Gasteiger charge is 2.54. The minimum Gasteiger partial charge on any atom is -0.346 e. The zero-order chi connectivity index (χ0) is 41.8. The summed E-state index contributed by atoms with van der Waals surface area (Å²) in [5.74, 6) is -0.880. The van der Waals surface area contributed by atoms with E-state index in [1.807, 2.05) is 0 Å². The lowest BCUT2D eigenvalue weighted by molar-refractivity contribution is -0.0589. The number of anilines is 2. The van der Waals surface area contributed by atoms with Crippen LogP contribution in [0.25, 0.3) is 22.3 Å². The number of amides is 2. The minimum atomic E-state index is -4.46. The molecular formula is C34H30BF2N10O10P2S. The third-order valence-electron chi connectivity index (χ3n) is 9.69. The Morgan fingerprint density at radius 3 is 1.77 bits per heavy atom. The number of ether oxygens (including phenoxy) is 2. The van der Waals surface area contributed by atoms with Crippen LogP contribution in [0.3, 0.4) is 0 Å². The van der Waals surface area contributed by atoms with Gasteiger partial charge in [0.2, 0.25) is 0 Å². The highest BCUT2D eigenvalue weighted by atomic mass is 32.5. The second kappa shape index (κ2) is 16.2. The molecule has 3 saturated heterocycles. The highest BCUT2D eigenvalue weighted by molar-refractivity contribution is 8.07. The normalized spacial score (nSPS) is 30.9. The van der Waals surface area contributed by atoms with Gasteiger partial charge in [-0.05, 0) is 36.1 Å². The van der Waals surface area contributed by atoms with Crippen LogP contribution in [0, 0.1) is 0 Å². The molecule has 4 unspecified atom stereocenters. The van der Waals surface area contributed by atoms with Gasteiger partial charge in [-0.1, -0.05) is 36.4 Å². The van der Waals surface area contributed by atoms with Gasteiger partial charge in [0.1, 0.15) is 45.4 Å². The molecule has 4 aromatic heterocycles. The molecule has 3 aliphatic rings. The van der Waals surface area contributed by atoms with Crippen LogP contribution in [0.2, 0.25) is 0 Å². The van der Waals surface area contributed by atoms with Crippen molar-refractivity contribution < 1.29 is 55.7 Å². The highest BCUT2D eigenvalue weighted by Crippen LogP contribution is 2.58. The first-order valence-electron chi connectivity index (χ1n) is 17.9. The Labute approximate surface area is 343 Å². The number of carbonyl (C=O) groups excluding carboxylic acids is 2. The Morgan fingerprint density at radius 1 is 0.767 bits per heavy atom. The van der Waals surface area contributed by atoms with Gasteiger partial charge in [0.05, 0.1) is 19.3 Å². The molecule has 3 radical (unpaired) electrons. The van der Waals surface area contributed by atoms with E-state index in [-0.39, 0.29) is 34.0 Å². The zero-order valence-electron chi connectivity index (χ0n) is 30.5. The summed E-state index contributed by atoms with van der Waals surface area (Å²) in [4.78, 5) is 73.3. The van der Waals surface area contributed by atoms with E-state index in [1.54, 1.807) is 60.7 Å². The van der Waals surface area contributed by atoms with E-state index in [1.165, 1.54) is 21.8 Å². The SMILES string of the molecule is [B-][P+]1(O)OC[C@H]2O[C@@H](n3cnc4c(NC(=O)c5ccccc5)ncnc43)C(F)[C@H]2OP(O)(=S)OC[C@H]2O[C@@H](n3cnc4c(NC(=O)c5ccccc5)ncnc43)[C@@H](F)C2O1. The third kappa shape index (κ3) is 7.92. The summed E-state index contributed by atoms with van der Waals surface area (Å²) in [6, 6.07) is 16.7. The molecule has 9 rings (SSSR count). The van der Waals surface area contributed by atoms with Crippen molar-refractivity contribution in [3.05, 3.63) is 97.1 Å². The summed E-state index contributed by atoms with van der Waals surface area (Å²) in [5.41, 5.74) is 1.03. The van der Waals surface area contributed by atoms with Crippen LogP contribution < -0.4 is 10.6 Å². The van der Waals surface area contributed by atoms with Crippen molar-refractivity contribution in [2.75, 3.05) is 23.8 Å². The van der Waals surface area contributed by atoms with Gasteiger partial charge < -0.3 is 29.5 Å². The number of alkyl halides is 2. The van der Waals surface area contributed by atoms with Crippen molar-refractivity contribution in [2.45, 2.75) is 49.2 Å². The lowest BCUT2D eigenvalue weighted by Crippen LogP contribution is -2.38. The van der Waals surface area contributed by atoms with Gasteiger partial charge >= 0.3 is 6.72 Å². The van der Waals surface area contributed by atoms with Gasteiger partial charge in [0.15, 0.2) is 64.9 Å². The van der Waals surface area contributed by atoms with Crippen molar-refractivity contribution in [3.63, 3.8) is 0 Å². The number of nitrogens with one attached hydrogen (secondary N) is 2. The Balaban J connectivity index is 0.936. The Hall–Kier alpha value is -4.84. The quantitative estimate of drug-likeness (QED) is 0.138. The summed E-state index contributed by atoms with van der Waals surface area (Å²) in [7, 11) is 1.62. The van der Waals surface area contributed by atoms with Crippen LogP contribution >= 0.6 is 14.5 Å². The number of hydrogen-bond acceptors (Lipinski definition) is 16. The Bertz CT molecular complexity index is 2620. The summed E-state index contributed by atoms with van der Waals surface area (Å²) >= 11 is 5.26. The number of halogens is 2. The zero-order valence-corrected chi connectivity index (χ0v) is 33.1. The summed E-state index contributed by atoms with van der Waals surface area (Å²) in [5, 5.41) is 5.33. The van der Waals surface area contributed by atoms with Crippen molar-refractivity contribution in [2.24, 2.45) is 0 Å². The molecule has 3 aliphatic heterocycles. The lowest BCUT2D eigenvalue weighted by Gasteiger charge is -2.33. The molecule has 0 saturated carbocycles. The molecule has 6 aromatic rings. The maximum absolute atomic E-state index is 16.5. The van der Waals surface area contributed by atoms with Crippen molar-refractivity contribution in [1.82, 2.24) is 39.0 Å². The van der Waals surface area contributed by atoms with Crippen LogP contribution in [0.15, 0.2) is 86.0 Å². The topological polar surface area (TPSA) is 241 Å². The van der Waals surface area contributed by atoms with Crippen molar-refractivity contribution >= 4 is 79.7 Å². The fourth-order valence-electron chi connectivity index (χ4n) is 6.89. The number of hydrogen-bond donors (Lipinski definition) is 4. The molecule has 0 spiro atoms. The fraction of sp³-hybridized carbons (Fsp3) is 0.294. The maximum atomic E-state index is 16.5. The monoisotopic (exact) mass is 881 g/mol. The molecular weight excluding hydrogens is 851 g/mol. The number of fused-ring (bicyclic) bond motifs is 4. The van der Waals surface area contributed by atoms with Gasteiger partial charge in [0, 0.05) is 11.1 Å². The fourth-order valence-corrected chi connectivity index (χ4v) is 9.35. The molecule has 309 valence electrons. The molecule has 10 atom stereocenters. The van der Waals surface area contributed by atoms with Crippen LogP contribution in [0.4, 0.5) is 20.4 Å². The smallest absolute Gasteiger partial charge is 0.325 e. The minimum absolute atomic E-state index is 0.0358. The van der Waals surface area contributed by atoms with E-state index in [2.05, 4.69) is 40.5 Å². The number of carbonyl (C=O) groups is 2. The maximum Gasteiger partial charge on any atom is 0.325 e. The molecule has 20 nitrogen and oxygen atoms in total. The first kappa shape index (κ1) is 40.6. The number of rotatable bonds is 6. The average molecular weight is 881 g/mol. The standard InChI is InChI=1S/C34H29BF2N10O10P2S/c35-58(50)52-11-19-26(22(37)34(54-19)47-16-43-24-28(39-14-41-30(24)47)45-32(49)18-9-5-2-6-10-18)57-59(51,60)53-12-20-25(56-58)21(36)33(55-20)46-15-42-23-27(38-13-40-29(23)46)44-31(48)17-7-3-1-4-8-17/h1-10,13-16,19-22,25-26,33-34,50H,11-12H2,(H2-,38,39,40,41,44,45,48,49,51,60)/q-1/p+1/t19-,20-,21+,22?,25?,26+,33-,34-,58?,59?/m1/s1. The van der Waals surface area contributed by atoms with Crippen LogP contribution in [0.5, 0.6) is 0 Å². The Kier molecular flexibility index (Phi) is 11.0.